The normalized spacial score (nSPS) is 14.0. The fraction of sp³-hybridized carbons (Fsp3) is 0.360. The number of hydrogen-bond acceptors (Lipinski definition) is 6. The number of aromatic nitrogens is 3. The summed E-state index contributed by atoms with van der Waals surface area (Å²) in [7, 11) is 0. The van der Waals surface area contributed by atoms with Gasteiger partial charge >= 0.3 is 12.1 Å². The molecule has 1 amide bonds. The van der Waals surface area contributed by atoms with E-state index in [1.807, 2.05) is 12.1 Å². The number of hydrogen-bond donors (Lipinski definition) is 4. The molecule has 0 radical (unpaired) electrons. The summed E-state index contributed by atoms with van der Waals surface area (Å²) in [6, 6.07) is 6.84. The second-order valence-corrected chi connectivity index (χ2v) is 9.34. The Morgan fingerprint density at radius 2 is 2.00 bits per heavy atom. The van der Waals surface area contributed by atoms with Crippen LogP contribution in [0.3, 0.4) is 0 Å². The molecule has 38 heavy (non-hydrogen) atoms. The quantitative estimate of drug-likeness (QED) is 0.317. The zero-order valence-corrected chi connectivity index (χ0v) is 20.8. The lowest BCUT2D eigenvalue weighted by Gasteiger charge is -2.18. The number of aliphatic hydroxyl groups excluding tert-OH is 1. The number of rotatable bonds is 9. The van der Waals surface area contributed by atoms with Crippen molar-refractivity contribution >= 4 is 29.3 Å². The van der Waals surface area contributed by atoms with Gasteiger partial charge in [-0.25, -0.2) is 4.98 Å². The molecular formula is C25H25ClF3N5O4. The Morgan fingerprint density at radius 3 is 2.66 bits per heavy atom. The van der Waals surface area contributed by atoms with Gasteiger partial charge in [-0.3, -0.25) is 14.3 Å². The highest BCUT2D eigenvalue weighted by Gasteiger charge is 2.36. The van der Waals surface area contributed by atoms with E-state index in [0.717, 1.165) is 42.9 Å². The maximum absolute atomic E-state index is 13.5. The van der Waals surface area contributed by atoms with Crippen LogP contribution >= 0.6 is 11.6 Å². The number of anilines is 1. The molecule has 1 aliphatic rings. The Morgan fingerprint density at radius 1 is 1.24 bits per heavy atom. The number of alkyl halides is 3. The first kappa shape index (κ1) is 27.4. The van der Waals surface area contributed by atoms with Crippen molar-refractivity contribution in [3.8, 4) is 0 Å². The molecule has 202 valence electrons. The smallest absolute Gasteiger partial charge is 0.417 e. The van der Waals surface area contributed by atoms with Gasteiger partial charge in [0.15, 0.2) is 0 Å². The number of benzene rings is 1. The van der Waals surface area contributed by atoms with Crippen molar-refractivity contribution in [2.24, 2.45) is 5.73 Å². The van der Waals surface area contributed by atoms with Crippen LogP contribution in [0.2, 0.25) is 5.02 Å². The third-order valence-electron chi connectivity index (χ3n) is 6.42. The molecule has 0 aliphatic carbocycles. The highest BCUT2D eigenvalue weighted by molar-refractivity contribution is 6.31. The predicted molar refractivity (Wildman–Crippen MR) is 132 cm³/mol. The molecule has 9 nitrogen and oxygen atoms in total. The van der Waals surface area contributed by atoms with Gasteiger partial charge in [-0.15, -0.1) is 0 Å². The number of aryl methyl sites for hydroxylation is 3. The number of nitrogens with two attached hydrogens (primary N) is 1. The number of aliphatic carboxylic acids is 1. The topological polar surface area (TPSA) is 143 Å². The number of carboxylic acid groups (broad SMARTS) is 1. The average Bonchev–Trinajstić information content (AvgIpc) is 3.24. The molecule has 1 aliphatic heterocycles. The summed E-state index contributed by atoms with van der Waals surface area (Å²) in [6.45, 7) is 0.309. The van der Waals surface area contributed by atoms with Gasteiger partial charge in [0.05, 0.1) is 40.6 Å². The molecule has 0 spiro atoms. The Balaban J connectivity index is 1.75. The summed E-state index contributed by atoms with van der Waals surface area (Å²) in [5.74, 6) is -2.81. The van der Waals surface area contributed by atoms with Gasteiger partial charge in [0.1, 0.15) is 5.82 Å². The highest BCUT2D eigenvalue weighted by Crippen LogP contribution is 2.39. The molecule has 2 aromatic heterocycles. The number of primary amides is 1. The van der Waals surface area contributed by atoms with Gasteiger partial charge in [0, 0.05) is 31.1 Å². The van der Waals surface area contributed by atoms with Crippen molar-refractivity contribution in [2.75, 3.05) is 11.9 Å². The Hall–Kier alpha value is -3.64. The average molecular weight is 552 g/mol. The zero-order chi connectivity index (χ0) is 27.6. The Bertz CT molecular complexity index is 1380. The van der Waals surface area contributed by atoms with Crippen LogP contribution in [0.5, 0.6) is 0 Å². The summed E-state index contributed by atoms with van der Waals surface area (Å²) in [5, 5.41) is 26.7. The van der Waals surface area contributed by atoms with Gasteiger partial charge in [-0.2, -0.15) is 18.3 Å². The first-order chi connectivity index (χ1) is 18.0. The number of pyridine rings is 1. The third kappa shape index (κ3) is 5.76. The van der Waals surface area contributed by atoms with E-state index in [-0.39, 0.29) is 29.1 Å². The molecule has 3 aromatic rings. The highest BCUT2D eigenvalue weighted by atomic mass is 35.5. The van der Waals surface area contributed by atoms with Crippen LogP contribution in [0.25, 0.3) is 0 Å². The number of amides is 1. The molecule has 13 heteroatoms. The van der Waals surface area contributed by atoms with E-state index < -0.39 is 47.6 Å². The van der Waals surface area contributed by atoms with E-state index in [1.54, 1.807) is 0 Å². The van der Waals surface area contributed by atoms with Gasteiger partial charge in [0.25, 0.3) is 5.91 Å². The number of nitrogens with one attached hydrogen (secondary N) is 1. The Kier molecular flexibility index (Phi) is 7.93. The van der Waals surface area contributed by atoms with Crippen LogP contribution in [0.1, 0.15) is 62.9 Å². The minimum atomic E-state index is -4.79. The summed E-state index contributed by atoms with van der Waals surface area (Å²) in [5.41, 5.74) is 5.85. The van der Waals surface area contributed by atoms with Crippen LogP contribution in [-0.2, 0) is 37.0 Å². The lowest BCUT2D eigenvalue weighted by molar-refractivity contribution is -0.137. The third-order valence-corrected chi connectivity index (χ3v) is 6.75. The second-order valence-electron chi connectivity index (χ2n) is 8.93. The van der Waals surface area contributed by atoms with Crippen molar-refractivity contribution in [1.29, 1.82) is 0 Å². The number of halogens is 4. The fourth-order valence-electron chi connectivity index (χ4n) is 4.63. The van der Waals surface area contributed by atoms with Crippen molar-refractivity contribution in [1.82, 2.24) is 14.8 Å². The number of carbonyl (C=O) groups is 2. The van der Waals surface area contributed by atoms with Gasteiger partial charge in [-0.05, 0) is 42.2 Å². The van der Waals surface area contributed by atoms with Gasteiger partial charge in [0.2, 0.25) is 0 Å². The molecule has 1 unspecified atom stereocenters. The molecular weight excluding hydrogens is 527 g/mol. The van der Waals surface area contributed by atoms with E-state index in [2.05, 4.69) is 15.4 Å². The molecule has 0 saturated carbocycles. The molecule has 4 rings (SSSR count). The van der Waals surface area contributed by atoms with E-state index in [1.165, 1.54) is 10.7 Å². The minimum absolute atomic E-state index is 0.0315. The summed E-state index contributed by atoms with van der Waals surface area (Å²) in [6.07, 6.45) is -3.20. The number of carboxylic acids is 1. The minimum Gasteiger partial charge on any atom is -0.481 e. The van der Waals surface area contributed by atoms with Crippen LogP contribution in [-0.4, -0.2) is 43.4 Å². The van der Waals surface area contributed by atoms with E-state index >= 15 is 0 Å². The standard InChI is InChI=1S/C25H25ClF3N5O4/c26-18-6-4-14(10-17(18)25(27,28)29)16(11-20(36)37)22-21(23(30)38)19(12-35)34(33-22)9-7-15-5-3-13-2-1-8-31-24(13)32-15/h3-6,10,16,35H,1-2,7-9,11-12H2,(H2,30,38)(H,31,32)(H,36,37). The monoisotopic (exact) mass is 551 g/mol. The summed E-state index contributed by atoms with van der Waals surface area (Å²) < 4.78 is 41.9. The summed E-state index contributed by atoms with van der Waals surface area (Å²) >= 11 is 5.74. The molecule has 0 saturated heterocycles. The largest absolute Gasteiger partial charge is 0.481 e. The van der Waals surface area contributed by atoms with Gasteiger partial charge in [-0.1, -0.05) is 23.7 Å². The van der Waals surface area contributed by atoms with Crippen molar-refractivity contribution < 1.29 is 33.0 Å². The lowest BCUT2D eigenvalue weighted by Crippen LogP contribution is -2.19. The first-order valence-electron chi connectivity index (χ1n) is 11.8. The molecule has 0 bridgehead atoms. The number of carbonyl (C=O) groups excluding carboxylic acids is 1. The predicted octanol–water partition coefficient (Wildman–Crippen LogP) is 3.75. The van der Waals surface area contributed by atoms with Crippen molar-refractivity contribution in [3.05, 3.63) is 74.7 Å². The second kappa shape index (κ2) is 11.0. The molecule has 3 heterocycles. The first-order valence-corrected chi connectivity index (χ1v) is 12.2. The number of fused-ring (bicyclic) bond motifs is 1. The number of nitrogens with zero attached hydrogens (tertiary/aromatic N) is 3. The van der Waals surface area contributed by atoms with E-state index in [0.29, 0.717) is 12.1 Å². The Labute approximate surface area is 220 Å². The van der Waals surface area contributed by atoms with E-state index in [4.69, 9.17) is 17.3 Å². The molecule has 1 aromatic carbocycles. The van der Waals surface area contributed by atoms with Crippen molar-refractivity contribution in [2.45, 2.75) is 50.9 Å². The number of aliphatic hydroxyl groups is 1. The van der Waals surface area contributed by atoms with Crippen LogP contribution in [0.15, 0.2) is 30.3 Å². The fourth-order valence-corrected chi connectivity index (χ4v) is 4.85. The SMILES string of the molecule is NC(=O)c1c(C(CC(=O)O)c2ccc(Cl)c(C(F)(F)F)c2)nn(CCc2ccc3c(n2)NCCC3)c1CO. The van der Waals surface area contributed by atoms with Gasteiger partial charge < -0.3 is 21.3 Å². The maximum Gasteiger partial charge on any atom is 0.417 e. The van der Waals surface area contributed by atoms with Crippen LogP contribution in [0, 0.1) is 0 Å². The van der Waals surface area contributed by atoms with Crippen LogP contribution < -0.4 is 11.1 Å². The van der Waals surface area contributed by atoms with Crippen LogP contribution in [0.4, 0.5) is 19.0 Å². The molecule has 5 N–H and O–H groups in total. The lowest BCUT2D eigenvalue weighted by atomic mass is 9.88. The molecule has 0 fully saturated rings. The summed E-state index contributed by atoms with van der Waals surface area (Å²) in [4.78, 5) is 28.8. The zero-order valence-electron chi connectivity index (χ0n) is 20.1. The van der Waals surface area contributed by atoms with E-state index in [9.17, 15) is 33.0 Å². The molecule has 1 atom stereocenters. The van der Waals surface area contributed by atoms with Crippen molar-refractivity contribution in [3.63, 3.8) is 0 Å². The maximum atomic E-state index is 13.5.